The van der Waals surface area contributed by atoms with Gasteiger partial charge >= 0.3 is 6.18 Å². The van der Waals surface area contributed by atoms with E-state index in [-0.39, 0.29) is 35.5 Å². The lowest BCUT2D eigenvalue weighted by Crippen LogP contribution is -2.41. The van der Waals surface area contributed by atoms with Crippen molar-refractivity contribution in [2.45, 2.75) is 13.1 Å². The number of benzene rings is 2. The predicted octanol–water partition coefficient (Wildman–Crippen LogP) is 4.26. The Morgan fingerprint density at radius 1 is 1.32 bits per heavy atom. The van der Waals surface area contributed by atoms with Crippen LogP contribution in [-0.4, -0.2) is 65.9 Å². The highest BCUT2D eigenvalue weighted by atomic mass is 35.5. The van der Waals surface area contributed by atoms with Crippen molar-refractivity contribution in [1.29, 1.82) is 5.26 Å². The predicted molar refractivity (Wildman–Crippen MR) is 136 cm³/mol. The minimum absolute atomic E-state index is 0.0466. The highest BCUT2D eigenvalue weighted by Gasteiger charge is 2.34. The van der Waals surface area contributed by atoms with E-state index in [1.807, 2.05) is 0 Å². The number of rotatable bonds is 7. The lowest BCUT2D eigenvalue weighted by molar-refractivity contribution is -0.137. The molecular weight excluding hydrogens is 548 g/mol. The fourth-order valence-corrected chi connectivity index (χ4v) is 4.11. The molecule has 0 saturated heterocycles. The van der Waals surface area contributed by atoms with Gasteiger partial charge in [0.25, 0.3) is 0 Å². The molecule has 2 aromatic carbocycles. The number of ether oxygens (including phenoxy) is 1. The van der Waals surface area contributed by atoms with Gasteiger partial charge in [-0.1, -0.05) is 29.3 Å². The number of aliphatic hydroxyl groups excluding tert-OH is 1. The van der Waals surface area contributed by atoms with E-state index in [9.17, 15) is 28.3 Å². The normalized spacial score (nSPS) is 15.7. The molecule has 1 aliphatic rings. The van der Waals surface area contributed by atoms with E-state index < -0.39 is 30.2 Å². The standard InChI is InChI=1S/C24H23Cl2F3N6O3/c1-3-34(21(37)12-36)10-15-11-35(33-22(15)14-4-6-17(25)18(26)8-14)23(31-13-30)32-19-9-16(24(27,28)29)5-7-20(19)38-2/h4-9,15,36H,3,10-12H2,1-2H3,(H,31,32). The maximum atomic E-state index is 13.3. The number of nitrogens with one attached hydrogen (secondary N) is 1. The molecule has 0 bridgehead atoms. The second-order valence-electron chi connectivity index (χ2n) is 8.04. The Balaban J connectivity index is 2.09. The Bertz CT molecular complexity index is 1300. The van der Waals surface area contributed by atoms with Crippen molar-refractivity contribution < 1.29 is 27.8 Å². The molecule has 202 valence electrons. The van der Waals surface area contributed by atoms with Gasteiger partial charge in [0.2, 0.25) is 11.9 Å². The van der Waals surface area contributed by atoms with Crippen LogP contribution in [-0.2, 0) is 11.0 Å². The van der Waals surface area contributed by atoms with Crippen LogP contribution in [0.4, 0.5) is 18.9 Å². The highest BCUT2D eigenvalue weighted by molar-refractivity contribution is 6.42. The van der Waals surface area contributed by atoms with Gasteiger partial charge in [0.05, 0.1) is 35.0 Å². The first-order valence-corrected chi connectivity index (χ1v) is 12.0. The van der Waals surface area contributed by atoms with Crippen LogP contribution >= 0.6 is 23.2 Å². The minimum Gasteiger partial charge on any atom is -0.494 e. The Morgan fingerprint density at radius 3 is 2.63 bits per heavy atom. The van der Waals surface area contributed by atoms with Crippen LogP contribution in [0.25, 0.3) is 0 Å². The van der Waals surface area contributed by atoms with Crippen LogP contribution in [0.5, 0.6) is 5.75 Å². The molecule has 0 saturated carbocycles. The number of carbonyl (C=O) groups excluding carboxylic acids is 1. The van der Waals surface area contributed by atoms with Crippen LogP contribution in [0, 0.1) is 17.4 Å². The van der Waals surface area contributed by atoms with E-state index in [2.05, 4.69) is 15.4 Å². The van der Waals surface area contributed by atoms with E-state index in [0.717, 1.165) is 18.2 Å². The smallest absolute Gasteiger partial charge is 0.416 e. The molecule has 3 rings (SSSR count). The molecular formula is C24H23Cl2F3N6O3. The number of carbonyl (C=O) groups is 1. The van der Waals surface area contributed by atoms with E-state index in [4.69, 9.17) is 27.9 Å². The second-order valence-corrected chi connectivity index (χ2v) is 8.85. The summed E-state index contributed by atoms with van der Waals surface area (Å²) in [5, 5.41) is 27.5. The number of likely N-dealkylation sites (N-methyl/N-ethyl adjacent to an activating group) is 1. The van der Waals surface area contributed by atoms with Crippen LogP contribution in [0.2, 0.25) is 10.0 Å². The molecule has 38 heavy (non-hydrogen) atoms. The Hall–Kier alpha value is -3.53. The van der Waals surface area contributed by atoms with Gasteiger partial charge < -0.3 is 14.7 Å². The number of methoxy groups -OCH3 is 1. The molecule has 0 fully saturated rings. The quantitative estimate of drug-likeness (QED) is 0.222. The molecule has 1 atom stereocenters. The molecule has 1 unspecified atom stereocenters. The third-order valence-electron chi connectivity index (χ3n) is 5.68. The first-order valence-electron chi connectivity index (χ1n) is 11.2. The Morgan fingerprint density at radius 2 is 2.05 bits per heavy atom. The number of amides is 1. The summed E-state index contributed by atoms with van der Waals surface area (Å²) in [6.07, 6.45) is -2.90. The molecule has 0 aliphatic carbocycles. The molecule has 0 aromatic heterocycles. The molecule has 14 heteroatoms. The highest BCUT2D eigenvalue weighted by Crippen LogP contribution is 2.37. The lowest BCUT2D eigenvalue weighted by atomic mass is 9.97. The molecule has 2 aromatic rings. The van der Waals surface area contributed by atoms with E-state index in [1.165, 1.54) is 17.0 Å². The molecule has 0 spiro atoms. The number of hydrogen-bond acceptors (Lipinski definition) is 6. The number of hydrazone groups is 1. The van der Waals surface area contributed by atoms with Crippen molar-refractivity contribution in [3.05, 3.63) is 57.6 Å². The first kappa shape index (κ1) is 29.0. The summed E-state index contributed by atoms with van der Waals surface area (Å²) in [4.78, 5) is 17.9. The van der Waals surface area contributed by atoms with Gasteiger partial charge in [0.1, 0.15) is 18.0 Å². The first-order chi connectivity index (χ1) is 18.0. The zero-order valence-electron chi connectivity index (χ0n) is 20.3. The zero-order chi connectivity index (χ0) is 28.0. The largest absolute Gasteiger partial charge is 0.494 e. The summed E-state index contributed by atoms with van der Waals surface area (Å²) in [6.45, 7) is 1.63. The molecule has 9 nitrogen and oxygen atoms in total. The maximum Gasteiger partial charge on any atom is 0.416 e. The number of guanidine groups is 1. The third-order valence-corrected chi connectivity index (χ3v) is 6.42. The fourth-order valence-electron chi connectivity index (χ4n) is 3.82. The second kappa shape index (κ2) is 12.3. The number of alkyl halides is 3. The number of nitriles is 1. The van der Waals surface area contributed by atoms with E-state index in [1.54, 1.807) is 31.3 Å². The van der Waals surface area contributed by atoms with Crippen molar-refractivity contribution in [2.75, 3.05) is 33.4 Å². The molecule has 0 radical (unpaired) electrons. The third kappa shape index (κ3) is 6.66. The van der Waals surface area contributed by atoms with Gasteiger partial charge in [-0.3, -0.25) is 10.1 Å². The Labute approximate surface area is 226 Å². The van der Waals surface area contributed by atoms with Crippen LogP contribution in [0.1, 0.15) is 18.1 Å². The van der Waals surface area contributed by atoms with Gasteiger partial charge in [0.15, 0.2) is 6.19 Å². The van der Waals surface area contributed by atoms with Gasteiger partial charge in [0, 0.05) is 19.0 Å². The van der Waals surface area contributed by atoms with E-state index in [0.29, 0.717) is 22.8 Å². The van der Waals surface area contributed by atoms with Crippen molar-refractivity contribution in [2.24, 2.45) is 16.0 Å². The minimum atomic E-state index is -4.62. The fraction of sp³-hybridized carbons (Fsp3) is 0.333. The SMILES string of the molecule is CCN(CC1CN(C(=Nc2cc(C(F)(F)F)ccc2OC)NC#N)N=C1c1ccc(Cl)c(Cl)c1)C(=O)CO. The zero-order valence-corrected chi connectivity index (χ0v) is 21.8. The molecule has 1 amide bonds. The summed E-state index contributed by atoms with van der Waals surface area (Å²) in [7, 11) is 1.28. The van der Waals surface area contributed by atoms with Crippen molar-refractivity contribution >= 4 is 46.5 Å². The van der Waals surface area contributed by atoms with Crippen LogP contribution in [0.3, 0.4) is 0 Å². The summed E-state index contributed by atoms with van der Waals surface area (Å²) in [6, 6.07) is 7.63. The van der Waals surface area contributed by atoms with Crippen molar-refractivity contribution in [3.8, 4) is 11.9 Å². The molecule has 2 N–H and O–H groups in total. The van der Waals surface area contributed by atoms with Gasteiger partial charge in [-0.25, -0.2) is 10.0 Å². The van der Waals surface area contributed by atoms with Crippen molar-refractivity contribution in [3.63, 3.8) is 0 Å². The summed E-state index contributed by atoms with van der Waals surface area (Å²) in [5.41, 5.74) is -0.0854. The van der Waals surface area contributed by atoms with Crippen LogP contribution < -0.4 is 10.1 Å². The molecule has 1 aliphatic heterocycles. The van der Waals surface area contributed by atoms with Gasteiger partial charge in [-0.05, 0) is 42.8 Å². The lowest BCUT2D eigenvalue weighted by Gasteiger charge is -2.25. The van der Waals surface area contributed by atoms with E-state index >= 15 is 0 Å². The van der Waals surface area contributed by atoms with Crippen LogP contribution in [0.15, 0.2) is 46.5 Å². The summed E-state index contributed by atoms with van der Waals surface area (Å²) in [5.74, 6) is -1.05. The number of nitrogens with zero attached hydrogens (tertiary/aromatic N) is 5. The summed E-state index contributed by atoms with van der Waals surface area (Å²) < 4.78 is 45.2. The average Bonchev–Trinajstić information content (AvgIpc) is 3.31. The van der Waals surface area contributed by atoms with Gasteiger partial charge in [-0.15, -0.1) is 0 Å². The average molecular weight is 571 g/mol. The molecule has 1 heterocycles. The van der Waals surface area contributed by atoms with Gasteiger partial charge in [-0.2, -0.15) is 23.5 Å². The number of halogens is 5. The number of hydrogen-bond donors (Lipinski definition) is 2. The number of aliphatic hydroxyl groups is 1. The number of aliphatic imine (C=N–C) groups is 1. The Kier molecular flexibility index (Phi) is 9.43. The monoisotopic (exact) mass is 570 g/mol. The maximum absolute atomic E-state index is 13.3. The summed E-state index contributed by atoms with van der Waals surface area (Å²) >= 11 is 12.3. The topological polar surface area (TPSA) is 114 Å². The van der Waals surface area contributed by atoms with Crippen molar-refractivity contribution in [1.82, 2.24) is 15.2 Å².